The highest BCUT2D eigenvalue weighted by Crippen LogP contribution is 2.36. The molecule has 2 fully saturated rings. The molecule has 1 aliphatic heterocycles. The first kappa shape index (κ1) is 21.9. The molecule has 3 heterocycles. The summed E-state index contributed by atoms with van der Waals surface area (Å²) in [6.07, 6.45) is 5.36. The maximum atomic E-state index is 12.5. The van der Waals surface area contributed by atoms with Crippen molar-refractivity contribution in [3.63, 3.8) is 0 Å². The van der Waals surface area contributed by atoms with Crippen molar-refractivity contribution in [2.24, 2.45) is 0 Å². The lowest BCUT2D eigenvalue weighted by Crippen LogP contribution is -2.36. The molecule has 5 rings (SSSR count). The minimum atomic E-state index is -1.48. The van der Waals surface area contributed by atoms with Crippen LogP contribution in [0.2, 0.25) is 0 Å². The monoisotopic (exact) mass is 465 g/mol. The Morgan fingerprint density at radius 1 is 1.21 bits per heavy atom. The van der Waals surface area contributed by atoms with Gasteiger partial charge in [0.05, 0.1) is 11.8 Å². The zero-order valence-electron chi connectivity index (χ0n) is 18.4. The van der Waals surface area contributed by atoms with Crippen LogP contribution < -0.4 is 5.32 Å². The third kappa shape index (κ3) is 4.36. The fraction of sp³-hybridized carbons (Fsp3) is 0.417. The lowest BCUT2D eigenvalue weighted by Gasteiger charge is -2.26. The van der Waals surface area contributed by atoms with Gasteiger partial charge in [0.1, 0.15) is 10.7 Å². The fourth-order valence-electron chi connectivity index (χ4n) is 4.60. The number of aliphatic hydroxyl groups is 2. The Kier molecular flexibility index (Phi) is 5.86. The van der Waals surface area contributed by atoms with Gasteiger partial charge in [-0.15, -0.1) is 11.3 Å². The van der Waals surface area contributed by atoms with Gasteiger partial charge in [0.2, 0.25) is 5.95 Å². The topological polar surface area (TPSA) is 111 Å². The smallest absolute Gasteiger partial charge is 0.258 e. The van der Waals surface area contributed by atoms with E-state index in [0.717, 1.165) is 35.5 Å². The number of carbonyl (C=O) groups is 1. The van der Waals surface area contributed by atoms with E-state index < -0.39 is 5.60 Å². The van der Waals surface area contributed by atoms with E-state index in [-0.39, 0.29) is 18.1 Å². The van der Waals surface area contributed by atoms with E-state index >= 15 is 0 Å². The van der Waals surface area contributed by atoms with E-state index in [9.17, 15) is 15.0 Å². The van der Waals surface area contributed by atoms with E-state index in [1.807, 2.05) is 29.6 Å². The van der Waals surface area contributed by atoms with E-state index in [0.29, 0.717) is 36.6 Å². The van der Waals surface area contributed by atoms with E-state index in [2.05, 4.69) is 15.3 Å². The van der Waals surface area contributed by atoms with Crippen molar-refractivity contribution in [1.82, 2.24) is 19.9 Å². The number of hydrogen-bond acceptors (Lipinski definition) is 8. The lowest BCUT2D eigenvalue weighted by atomic mass is 9.91. The van der Waals surface area contributed by atoms with Crippen molar-refractivity contribution < 1.29 is 15.0 Å². The number of rotatable bonds is 5. The highest BCUT2D eigenvalue weighted by Gasteiger charge is 2.45. The molecule has 9 heteroatoms. The van der Waals surface area contributed by atoms with Crippen LogP contribution in [0.5, 0.6) is 0 Å². The predicted octanol–water partition coefficient (Wildman–Crippen LogP) is 3.03. The number of thiazole rings is 1. The van der Waals surface area contributed by atoms with E-state index in [1.54, 1.807) is 24.2 Å². The Labute approximate surface area is 196 Å². The van der Waals surface area contributed by atoms with Gasteiger partial charge < -0.3 is 20.4 Å². The molecule has 1 aromatic carbocycles. The Morgan fingerprint density at radius 3 is 2.88 bits per heavy atom. The summed E-state index contributed by atoms with van der Waals surface area (Å²) in [5.41, 5.74) is 1.42. The highest BCUT2D eigenvalue weighted by molar-refractivity contribution is 7.13. The number of anilines is 1. The van der Waals surface area contributed by atoms with Gasteiger partial charge in [-0.05, 0) is 43.4 Å². The Bertz CT molecular complexity index is 1170. The summed E-state index contributed by atoms with van der Waals surface area (Å²) < 4.78 is 0. The van der Waals surface area contributed by atoms with Gasteiger partial charge in [-0.3, -0.25) is 4.79 Å². The number of carbonyl (C=O) groups excluding carboxylic acids is 1. The fourth-order valence-corrected chi connectivity index (χ4v) is 5.41. The molecule has 1 saturated carbocycles. The van der Waals surface area contributed by atoms with Crippen molar-refractivity contribution in [3.8, 4) is 22.0 Å². The average molecular weight is 466 g/mol. The summed E-state index contributed by atoms with van der Waals surface area (Å²) in [6, 6.07) is 9.41. The van der Waals surface area contributed by atoms with Gasteiger partial charge in [-0.25, -0.2) is 15.0 Å². The van der Waals surface area contributed by atoms with Crippen LogP contribution in [0.3, 0.4) is 0 Å². The Hall–Kier alpha value is -2.88. The number of nitrogens with zero attached hydrogens (tertiary/aromatic N) is 4. The van der Waals surface area contributed by atoms with Crippen LogP contribution in [0.15, 0.2) is 41.9 Å². The quantitative estimate of drug-likeness (QED) is 0.531. The minimum absolute atomic E-state index is 0.167. The van der Waals surface area contributed by atoms with Crippen LogP contribution in [0.1, 0.15) is 37.7 Å². The summed E-state index contributed by atoms with van der Waals surface area (Å²) in [5.74, 6) is 0.264. The SMILES string of the molecule is CN1CC[C@@](O)(c2cccc(-c3nc(-c4ccnc(N[C@H]5CCC[C@H](O)C5)n4)cs3)c2)C1=O. The highest BCUT2D eigenvalue weighted by atomic mass is 32.1. The van der Waals surface area contributed by atoms with Gasteiger partial charge in [0.15, 0.2) is 5.60 Å². The first-order valence-corrected chi connectivity index (χ1v) is 12.1. The summed E-state index contributed by atoms with van der Waals surface area (Å²) in [5, 5.41) is 27.0. The zero-order valence-corrected chi connectivity index (χ0v) is 19.3. The van der Waals surface area contributed by atoms with Gasteiger partial charge in [-0.1, -0.05) is 18.2 Å². The van der Waals surface area contributed by atoms with E-state index in [1.165, 1.54) is 11.3 Å². The molecule has 2 aromatic heterocycles. The molecule has 2 aliphatic rings. The molecule has 0 unspecified atom stereocenters. The first-order valence-electron chi connectivity index (χ1n) is 11.2. The van der Waals surface area contributed by atoms with Crippen molar-refractivity contribution >= 4 is 23.2 Å². The number of likely N-dealkylation sites (tertiary alicyclic amines) is 1. The molecule has 3 aromatic rings. The summed E-state index contributed by atoms with van der Waals surface area (Å²) in [4.78, 5) is 27.8. The van der Waals surface area contributed by atoms with Crippen LogP contribution in [0.25, 0.3) is 22.0 Å². The van der Waals surface area contributed by atoms with E-state index in [4.69, 9.17) is 4.98 Å². The summed E-state index contributed by atoms with van der Waals surface area (Å²) in [7, 11) is 1.71. The number of amides is 1. The average Bonchev–Trinajstić information content (AvgIpc) is 3.42. The molecule has 3 atom stereocenters. The second kappa shape index (κ2) is 8.81. The van der Waals surface area contributed by atoms with Crippen molar-refractivity contribution in [2.45, 2.75) is 49.9 Å². The molecule has 172 valence electrons. The number of aromatic nitrogens is 3. The second-order valence-corrected chi connectivity index (χ2v) is 9.74. The van der Waals surface area contributed by atoms with Crippen LogP contribution in [0, 0.1) is 0 Å². The molecule has 1 saturated heterocycles. The third-order valence-corrected chi connectivity index (χ3v) is 7.39. The zero-order chi connectivity index (χ0) is 23.0. The molecule has 1 aliphatic carbocycles. The number of hydrogen-bond donors (Lipinski definition) is 3. The van der Waals surface area contributed by atoms with Crippen LogP contribution >= 0.6 is 11.3 Å². The summed E-state index contributed by atoms with van der Waals surface area (Å²) >= 11 is 1.49. The van der Waals surface area contributed by atoms with Crippen molar-refractivity contribution in [2.75, 3.05) is 18.9 Å². The largest absolute Gasteiger partial charge is 0.393 e. The van der Waals surface area contributed by atoms with Crippen molar-refractivity contribution in [3.05, 3.63) is 47.5 Å². The molecule has 1 amide bonds. The molecule has 33 heavy (non-hydrogen) atoms. The minimum Gasteiger partial charge on any atom is -0.393 e. The third-order valence-electron chi connectivity index (χ3n) is 6.50. The number of likely N-dealkylation sites (N-methyl/N-ethyl adjacent to an activating group) is 1. The van der Waals surface area contributed by atoms with Gasteiger partial charge in [-0.2, -0.15) is 0 Å². The normalized spacial score (nSPS) is 25.4. The van der Waals surface area contributed by atoms with Gasteiger partial charge in [0.25, 0.3) is 5.91 Å². The molecule has 8 nitrogen and oxygen atoms in total. The van der Waals surface area contributed by atoms with Gasteiger partial charge >= 0.3 is 0 Å². The number of nitrogens with one attached hydrogen (secondary N) is 1. The maximum absolute atomic E-state index is 12.5. The molecular formula is C24H27N5O3S. The molecule has 0 radical (unpaired) electrons. The van der Waals surface area contributed by atoms with Gasteiger partial charge in [0, 0.05) is 43.2 Å². The number of aliphatic hydroxyl groups excluding tert-OH is 1. The molecule has 0 spiro atoms. The molecule has 3 N–H and O–H groups in total. The molecular weight excluding hydrogens is 438 g/mol. The standard InChI is InChI=1S/C24H27N5O3S/c1-29-11-9-24(32,22(29)31)16-5-2-4-15(12-16)21-27-20(14-33-21)19-8-10-25-23(28-19)26-17-6-3-7-18(30)13-17/h2,4-5,8,10,12,14,17-18,30,32H,3,6-7,9,11,13H2,1H3,(H,25,26,28)/t17-,18-,24+/m0/s1. The Morgan fingerprint density at radius 2 is 2.09 bits per heavy atom. The number of benzene rings is 1. The summed E-state index contributed by atoms with van der Waals surface area (Å²) in [6.45, 7) is 0.533. The predicted molar refractivity (Wildman–Crippen MR) is 127 cm³/mol. The molecule has 0 bridgehead atoms. The van der Waals surface area contributed by atoms with Crippen molar-refractivity contribution in [1.29, 1.82) is 0 Å². The van der Waals surface area contributed by atoms with Crippen LogP contribution in [-0.2, 0) is 10.4 Å². The maximum Gasteiger partial charge on any atom is 0.258 e. The lowest BCUT2D eigenvalue weighted by molar-refractivity contribution is -0.143. The first-order chi connectivity index (χ1) is 15.9. The van der Waals surface area contributed by atoms with Crippen LogP contribution in [0.4, 0.5) is 5.95 Å². The second-order valence-electron chi connectivity index (χ2n) is 8.88. The Balaban J connectivity index is 1.36. The van der Waals surface area contributed by atoms with Crippen LogP contribution in [-0.4, -0.2) is 61.7 Å².